The van der Waals surface area contributed by atoms with Gasteiger partial charge < -0.3 is 0 Å². The summed E-state index contributed by atoms with van der Waals surface area (Å²) in [5, 5.41) is 13.9. The van der Waals surface area contributed by atoms with Crippen LogP contribution >= 0.6 is 22.7 Å². The topological polar surface area (TPSA) is 67.8 Å². The Morgan fingerprint density at radius 2 is 2.05 bits per heavy atom. The van der Waals surface area contributed by atoms with Gasteiger partial charge in [-0.05, 0) is 25.1 Å². The largest absolute Gasteiger partial charge is 0.296 e. The fourth-order valence-corrected chi connectivity index (χ4v) is 3.04. The average molecular weight is 302 g/mol. The fourth-order valence-electron chi connectivity index (χ4n) is 1.62. The normalized spacial score (nSPS) is 10.4. The minimum atomic E-state index is -0.160. The van der Waals surface area contributed by atoms with Gasteiger partial charge in [0.2, 0.25) is 5.13 Å². The number of anilines is 1. The number of carbonyl (C=O) groups is 1. The number of aromatic nitrogens is 3. The summed E-state index contributed by atoms with van der Waals surface area (Å²) in [6.07, 6.45) is 3.40. The monoisotopic (exact) mass is 302 g/mol. The summed E-state index contributed by atoms with van der Waals surface area (Å²) < 4.78 is 0. The van der Waals surface area contributed by atoms with Gasteiger partial charge in [0.25, 0.3) is 5.91 Å². The van der Waals surface area contributed by atoms with E-state index in [4.69, 9.17) is 0 Å². The van der Waals surface area contributed by atoms with E-state index in [2.05, 4.69) is 20.5 Å². The van der Waals surface area contributed by atoms with Crippen LogP contribution in [0.15, 0.2) is 36.0 Å². The molecule has 0 fully saturated rings. The molecule has 0 unspecified atom stereocenters. The van der Waals surface area contributed by atoms with Crippen LogP contribution < -0.4 is 5.32 Å². The van der Waals surface area contributed by atoms with E-state index in [1.807, 2.05) is 30.5 Å². The van der Waals surface area contributed by atoms with Crippen molar-refractivity contribution in [1.29, 1.82) is 0 Å². The van der Waals surface area contributed by atoms with Gasteiger partial charge in [0.15, 0.2) is 0 Å². The quantitative estimate of drug-likeness (QED) is 0.806. The molecule has 0 radical (unpaired) electrons. The van der Waals surface area contributed by atoms with Crippen LogP contribution in [0.1, 0.15) is 15.2 Å². The molecule has 20 heavy (non-hydrogen) atoms. The van der Waals surface area contributed by atoms with E-state index < -0.39 is 0 Å². The highest BCUT2D eigenvalue weighted by atomic mass is 32.1. The molecule has 1 amide bonds. The molecule has 0 spiro atoms. The van der Waals surface area contributed by atoms with Gasteiger partial charge in [-0.2, -0.15) is 0 Å². The van der Waals surface area contributed by atoms with Crippen LogP contribution in [-0.4, -0.2) is 21.1 Å². The van der Waals surface area contributed by atoms with Crippen molar-refractivity contribution in [2.75, 3.05) is 5.32 Å². The molecule has 3 aromatic rings. The molecule has 3 aromatic heterocycles. The fraction of sp³-hybridized carbons (Fsp3) is 0.0769. The van der Waals surface area contributed by atoms with Crippen molar-refractivity contribution in [3.05, 3.63) is 46.4 Å². The van der Waals surface area contributed by atoms with E-state index in [1.54, 1.807) is 23.7 Å². The first-order valence-corrected chi connectivity index (χ1v) is 7.52. The first-order chi connectivity index (χ1) is 9.72. The average Bonchev–Trinajstić information content (AvgIpc) is 3.09. The summed E-state index contributed by atoms with van der Waals surface area (Å²) >= 11 is 2.88. The molecule has 7 heteroatoms. The lowest BCUT2D eigenvalue weighted by Gasteiger charge is -1.96. The van der Waals surface area contributed by atoms with Gasteiger partial charge in [-0.15, -0.1) is 21.5 Å². The Morgan fingerprint density at radius 1 is 1.25 bits per heavy atom. The van der Waals surface area contributed by atoms with Crippen molar-refractivity contribution in [1.82, 2.24) is 15.2 Å². The Labute approximate surface area is 123 Å². The molecule has 0 bridgehead atoms. The second kappa shape index (κ2) is 5.48. The van der Waals surface area contributed by atoms with Crippen LogP contribution in [0.2, 0.25) is 0 Å². The summed E-state index contributed by atoms with van der Waals surface area (Å²) in [7, 11) is 0. The molecule has 100 valence electrons. The number of carbonyl (C=O) groups excluding carboxylic acids is 1. The van der Waals surface area contributed by atoms with Crippen LogP contribution in [0.4, 0.5) is 5.13 Å². The van der Waals surface area contributed by atoms with Crippen LogP contribution in [0.25, 0.3) is 10.6 Å². The number of nitrogens with one attached hydrogen (secondary N) is 1. The zero-order valence-corrected chi connectivity index (χ0v) is 12.2. The molecule has 3 heterocycles. The highest BCUT2D eigenvalue weighted by molar-refractivity contribution is 7.18. The number of rotatable bonds is 3. The predicted molar refractivity (Wildman–Crippen MR) is 80.1 cm³/mol. The number of aryl methyl sites for hydroxylation is 1. The smallest absolute Gasteiger partial charge is 0.258 e. The maximum absolute atomic E-state index is 12.0. The van der Waals surface area contributed by atoms with Crippen LogP contribution in [-0.2, 0) is 0 Å². The van der Waals surface area contributed by atoms with Gasteiger partial charge >= 0.3 is 0 Å². The van der Waals surface area contributed by atoms with Crippen LogP contribution in [0.3, 0.4) is 0 Å². The van der Waals surface area contributed by atoms with Gasteiger partial charge in [0, 0.05) is 28.2 Å². The van der Waals surface area contributed by atoms with E-state index in [-0.39, 0.29) is 5.91 Å². The van der Waals surface area contributed by atoms with Crippen LogP contribution in [0, 0.1) is 6.92 Å². The predicted octanol–water partition coefficient (Wildman–Crippen LogP) is 3.22. The Bertz CT molecular complexity index is 736. The Hall–Kier alpha value is -2.12. The Morgan fingerprint density at radius 3 is 2.75 bits per heavy atom. The molecule has 0 aliphatic carbocycles. The first-order valence-electron chi connectivity index (χ1n) is 5.83. The lowest BCUT2D eigenvalue weighted by atomic mass is 10.3. The molecule has 0 aliphatic rings. The van der Waals surface area contributed by atoms with Crippen molar-refractivity contribution in [2.24, 2.45) is 0 Å². The number of nitrogens with zero attached hydrogens (tertiary/aromatic N) is 3. The molecular weight excluding hydrogens is 292 g/mol. The van der Waals surface area contributed by atoms with Crippen LogP contribution in [0.5, 0.6) is 0 Å². The molecular formula is C13H10N4OS2. The maximum atomic E-state index is 12.0. The molecule has 1 N–H and O–H groups in total. The SMILES string of the molecule is Cc1cc(C(=O)Nc2nnc(-c3ccncc3)s2)cs1. The van der Waals surface area contributed by atoms with Crippen molar-refractivity contribution in [2.45, 2.75) is 6.92 Å². The zero-order valence-electron chi connectivity index (χ0n) is 10.5. The number of hydrogen-bond donors (Lipinski definition) is 1. The number of thiophene rings is 1. The second-order valence-electron chi connectivity index (χ2n) is 4.05. The molecule has 0 aromatic carbocycles. The third-order valence-corrected chi connectivity index (χ3v) is 4.31. The zero-order chi connectivity index (χ0) is 13.9. The molecule has 5 nitrogen and oxygen atoms in total. The third-order valence-electron chi connectivity index (χ3n) is 2.57. The lowest BCUT2D eigenvalue weighted by molar-refractivity contribution is 0.102. The summed E-state index contributed by atoms with van der Waals surface area (Å²) in [4.78, 5) is 17.1. The lowest BCUT2D eigenvalue weighted by Crippen LogP contribution is -2.10. The highest BCUT2D eigenvalue weighted by Crippen LogP contribution is 2.26. The van der Waals surface area contributed by atoms with Crippen molar-refractivity contribution >= 4 is 33.7 Å². The summed E-state index contributed by atoms with van der Waals surface area (Å²) in [6.45, 7) is 1.97. The summed E-state index contributed by atoms with van der Waals surface area (Å²) in [5.74, 6) is -0.160. The second-order valence-corrected chi connectivity index (χ2v) is 6.14. The van der Waals surface area contributed by atoms with Gasteiger partial charge in [0.05, 0.1) is 5.56 Å². The number of pyridine rings is 1. The minimum absolute atomic E-state index is 0.160. The number of hydrogen-bond acceptors (Lipinski definition) is 6. The Kier molecular flexibility index (Phi) is 3.53. The highest BCUT2D eigenvalue weighted by Gasteiger charge is 2.12. The van der Waals surface area contributed by atoms with Crippen molar-refractivity contribution in [3.63, 3.8) is 0 Å². The molecule has 3 rings (SSSR count). The standard InChI is InChI=1S/C13H10N4OS2/c1-8-6-10(7-19-8)11(18)15-13-17-16-12(20-13)9-2-4-14-5-3-9/h2-7H,1H3,(H,15,17,18). The summed E-state index contributed by atoms with van der Waals surface area (Å²) in [6, 6.07) is 5.56. The molecule has 0 atom stereocenters. The van der Waals surface area contributed by atoms with Gasteiger partial charge in [-0.3, -0.25) is 15.1 Å². The van der Waals surface area contributed by atoms with E-state index in [0.29, 0.717) is 10.7 Å². The molecule has 0 saturated carbocycles. The Balaban J connectivity index is 1.76. The van der Waals surface area contributed by atoms with Gasteiger partial charge in [-0.25, -0.2) is 0 Å². The third kappa shape index (κ3) is 2.73. The van der Waals surface area contributed by atoms with E-state index in [0.717, 1.165) is 15.4 Å². The van der Waals surface area contributed by atoms with E-state index >= 15 is 0 Å². The molecule has 0 aliphatic heterocycles. The number of amides is 1. The van der Waals surface area contributed by atoms with Gasteiger partial charge in [0.1, 0.15) is 5.01 Å². The van der Waals surface area contributed by atoms with Crippen molar-refractivity contribution < 1.29 is 4.79 Å². The maximum Gasteiger partial charge on any atom is 0.258 e. The summed E-state index contributed by atoms with van der Waals surface area (Å²) in [5.41, 5.74) is 1.58. The van der Waals surface area contributed by atoms with E-state index in [9.17, 15) is 4.79 Å². The first kappa shape index (κ1) is 12.9. The minimum Gasteiger partial charge on any atom is -0.296 e. The van der Waals surface area contributed by atoms with Gasteiger partial charge in [-0.1, -0.05) is 11.3 Å². The van der Waals surface area contributed by atoms with Crippen molar-refractivity contribution in [3.8, 4) is 10.6 Å². The van der Waals surface area contributed by atoms with E-state index in [1.165, 1.54) is 11.3 Å². The molecule has 0 saturated heterocycles.